The first kappa shape index (κ1) is 15.1. The molecule has 1 fully saturated rings. The maximum absolute atomic E-state index is 12.4. The third-order valence-electron chi connectivity index (χ3n) is 4.03. The summed E-state index contributed by atoms with van der Waals surface area (Å²) >= 11 is 0. The lowest BCUT2D eigenvalue weighted by atomic mass is 10.2. The fraction of sp³-hybridized carbons (Fsp3) is 0.294. The minimum absolute atomic E-state index is 0.0316. The molecule has 23 heavy (non-hydrogen) atoms. The first-order chi connectivity index (χ1) is 11.2. The highest BCUT2D eigenvalue weighted by atomic mass is 16.5. The van der Waals surface area contributed by atoms with Crippen molar-refractivity contribution in [1.82, 2.24) is 4.90 Å². The van der Waals surface area contributed by atoms with Crippen LogP contribution in [0.5, 0.6) is 5.75 Å². The molecule has 1 amide bonds. The van der Waals surface area contributed by atoms with E-state index in [-0.39, 0.29) is 5.91 Å². The lowest BCUT2D eigenvalue weighted by Gasteiger charge is -2.36. The molecule has 1 aromatic heterocycles. The number of hydrogen-bond donors (Lipinski definition) is 0. The Bertz CT molecular complexity index is 680. The number of aromatic nitrogens is 1. The molecule has 120 valence electrons. The minimum atomic E-state index is -0.0316. The summed E-state index contributed by atoms with van der Waals surface area (Å²) in [5, 5.41) is 11.0. The zero-order valence-corrected chi connectivity index (χ0v) is 13.0. The third-order valence-corrected chi connectivity index (χ3v) is 4.03. The Morgan fingerprint density at radius 2 is 1.83 bits per heavy atom. The Labute approximate surface area is 135 Å². The lowest BCUT2D eigenvalue weighted by molar-refractivity contribution is -0.605. The van der Waals surface area contributed by atoms with Gasteiger partial charge in [-0.3, -0.25) is 4.79 Å². The second-order valence-corrected chi connectivity index (χ2v) is 5.43. The molecule has 6 heteroatoms. The van der Waals surface area contributed by atoms with Crippen LogP contribution in [0.25, 0.3) is 0 Å². The number of hydrogen-bond acceptors (Lipinski definition) is 4. The van der Waals surface area contributed by atoms with Gasteiger partial charge in [-0.25, -0.2) is 0 Å². The van der Waals surface area contributed by atoms with Gasteiger partial charge < -0.3 is 19.7 Å². The molecule has 1 aliphatic rings. The number of carbonyl (C=O) groups excluding carboxylic acids is 1. The van der Waals surface area contributed by atoms with Gasteiger partial charge in [-0.15, -0.1) is 0 Å². The molecule has 0 aliphatic carbocycles. The van der Waals surface area contributed by atoms with Crippen LogP contribution >= 0.6 is 0 Å². The molecular formula is C17H19N3O3. The van der Waals surface area contributed by atoms with E-state index < -0.39 is 0 Å². The third kappa shape index (κ3) is 3.36. The number of methoxy groups -OCH3 is 1. The molecule has 1 saturated heterocycles. The van der Waals surface area contributed by atoms with Crippen molar-refractivity contribution in [3.05, 3.63) is 59.6 Å². The molecule has 0 saturated carbocycles. The van der Waals surface area contributed by atoms with Crippen molar-refractivity contribution in [2.45, 2.75) is 0 Å². The number of ether oxygens (including phenoxy) is 1. The summed E-state index contributed by atoms with van der Waals surface area (Å²) in [6, 6.07) is 11.0. The zero-order valence-electron chi connectivity index (χ0n) is 13.0. The molecule has 0 unspecified atom stereocenters. The van der Waals surface area contributed by atoms with Crippen LogP contribution in [0, 0.1) is 5.21 Å². The van der Waals surface area contributed by atoms with Gasteiger partial charge >= 0.3 is 0 Å². The minimum Gasteiger partial charge on any atom is -0.619 e. The van der Waals surface area contributed by atoms with Gasteiger partial charge in [-0.2, -0.15) is 4.73 Å². The van der Waals surface area contributed by atoms with Crippen LogP contribution in [0.2, 0.25) is 0 Å². The molecule has 0 spiro atoms. The van der Waals surface area contributed by atoms with Gasteiger partial charge in [0, 0.05) is 50.1 Å². The molecule has 3 rings (SSSR count). The molecule has 1 aliphatic heterocycles. The van der Waals surface area contributed by atoms with Crippen molar-refractivity contribution in [2.24, 2.45) is 0 Å². The number of carbonyl (C=O) groups is 1. The molecule has 0 radical (unpaired) electrons. The predicted octanol–water partition coefficient (Wildman–Crippen LogP) is 1.29. The van der Waals surface area contributed by atoms with Crippen molar-refractivity contribution in [3.63, 3.8) is 0 Å². The second-order valence-electron chi connectivity index (χ2n) is 5.43. The van der Waals surface area contributed by atoms with E-state index in [4.69, 9.17) is 4.74 Å². The van der Waals surface area contributed by atoms with Gasteiger partial charge in [0.25, 0.3) is 5.91 Å². The van der Waals surface area contributed by atoms with E-state index in [1.807, 2.05) is 29.2 Å². The summed E-state index contributed by atoms with van der Waals surface area (Å²) in [6.45, 7) is 2.85. The normalized spacial score (nSPS) is 14.7. The molecule has 2 aromatic rings. The summed E-state index contributed by atoms with van der Waals surface area (Å²) in [5.74, 6) is 0.798. The van der Waals surface area contributed by atoms with Crippen LogP contribution < -0.4 is 14.4 Å². The first-order valence-corrected chi connectivity index (χ1v) is 7.54. The molecular weight excluding hydrogens is 294 g/mol. The average molecular weight is 313 g/mol. The fourth-order valence-corrected chi connectivity index (χ4v) is 2.71. The molecule has 0 bridgehead atoms. The first-order valence-electron chi connectivity index (χ1n) is 7.54. The number of amides is 1. The summed E-state index contributed by atoms with van der Waals surface area (Å²) in [7, 11) is 1.65. The van der Waals surface area contributed by atoms with Gasteiger partial charge in [-0.1, -0.05) is 6.07 Å². The van der Waals surface area contributed by atoms with E-state index in [2.05, 4.69) is 4.90 Å². The predicted molar refractivity (Wildman–Crippen MR) is 86.5 cm³/mol. The van der Waals surface area contributed by atoms with Gasteiger partial charge in [-0.05, 0) is 12.1 Å². The highest BCUT2D eigenvalue weighted by Crippen LogP contribution is 2.22. The van der Waals surface area contributed by atoms with Crippen LogP contribution in [0.4, 0.5) is 5.69 Å². The quantitative estimate of drug-likeness (QED) is 0.633. The number of benzene rings is 1. The molecule has 6 nitrogen and oxygen atoms in total. The van der Waals surface area contributed by atoms with Crippen molar-refractivity contribution < 1.29 is 14.3 Å². The van der Waals surface area contributed by atoms with Gasteiger partial charge in [0.1, 0.15) is 5.75 Å². The summed E-state index contributed by atoms with van der Waals surface area (Å²) < 4.78 is 5.93. The molecule has 0 N–H and O–H groups in total. The van der Waals surface area contributed by atoms with E-state index in [0.29, 0.717) is 23.4 Å². The van der Waals surface area contributed by atoms with Crippen molar-refractivity contribution >= 4 is 11.6 Å². The van der Waals surface area contributed by atoms with Gasteiger partial charge in [0.05, 0.1) is 12.7 Å². The summed E-state index contributed by atoms with van der Waals surface area (Å²) in [5.41, 5.74) is 1.65. The van der Waals surface area contributed by atoms with E-state index >= 15 is 0 Å². The van der Waals surface area contributed by atoms with Crippen LogP contribution in [0.3, 0.4) is 0 Å². The monoisotopic (exact) mass is 313 g/mol. The summed E-state index contributed by atoms with van der Waals surface area (Å²) in [4.78, 5) is 16.5. The maximum Gasteiger partial charge on any atom is 0.254 e. The Morgan fingerprint density at radius 1 is 1.13 bits per heavy atom. The topological polar surface area (TPSA) is 59.7 Å². The average Bonchev–Trinajstić information content (AvgIpc) is 2.62. The van der Waals surface area contributed by atoms with Gasteiger partial charge in [0.2, 0.25) is 0 Å². The molecule has 1 aromatic carbocycles. The highest BCUT2D eigenvalue weighted by Gasteiger charge is 2.22. The van der Waals surface area contributed by atoms with Crippen molar-refractivity contribution in [3.8, 4) is 5.75 Å². The van der Waals surface area contributed by atoms with Crippen molar-refractivity contribution in [2.75, 3.05) is 38.2 Å². The standard InChI is InChI=1S/C17H19N3O3/c1-23-16-4-2-3-15(13-16)18-9-11-19(12-10-18)17(21)14-5-7-20(22)8-6-14/h2-8,13H,9-12H2,1H3. The van der Waals surface area contributed by atoms with E-state index in [0.717, 1.165) is 24.5 Å². The van der Waals surface area contributed by atoms with E-state index in [9.17, 15) is 10.0 Å². The van der Waals surface area contributed by atoms with Gasteiger partial charge in [0.15, 0.2) is 12.4 Å². The highest BCUT2D eigenvalue weighted by molar-refractivity contribution is 5.94. The Balaban J connectivity index is 1.63. The number of pyridine rings is 1. The van der Waals surface area contributed by atoms with Crippen molar-refractivity contribution in [1.29, 1.82) is 0 Å². The van der Waals surface area contributed by atoms with E-state index in [1.165, 1.54) is 12.4 Å². The van der Waals surface area contributed by atoms with Crippen LogP contribution in [-0.4, -0.2) is 44.1 Å². The zero-order chi connectivity index (χ0) is 16.2. The van der Waals surface area contributed by atoms with Crippen LogP contribution in [0.15, 0.2) is 48.8 Å². The smallest absolute Gasteiger partial charge is 0.254 e. The number of rotatable bonds is 3. The number of nitrogens with zero attached hydrogens (tertiary/aromatic N) is 3. The van der Waals surface area contributed by atoms with Crippen LogP contribution in [-0.2, 0) is 0 Å². The Morgan fingerprint density at radius 3 is 2.48 bits per heavy atom. The lowest BCUT2D eigenvalue weighted by Crippen LogP contribution is -2.48. The maximum atomic E-state index is 12.4. The number of piperazine rings is 1. The second kappa shape index (κ2) is 6.56. The molecule has 2 heterocycles. The number of anilines is 1. The van der Waals surface area contributed by atoms with Crippen LogP contribution in [0.1, 0.15) is 10.4 Å². The SMILES string of the molecule is COc1cccc(N2CCN(C(=O)c3cc[n+]([O-])cc3)CC2)c1. The Hall–Kier alpha value is -2.76. The molecule has 0 atom stereocenters. The Kier molecular flexibility index (Phi) is 4.32. The largest absolute Gasteiger partial charge is 0.619 e. The summed E-state index contributed by atoms with van der Waals surface area (Å²) in [6.07, 6.45) is 2.69. The fourth-order valence-electron chi connectivity index (χ4n) is 2.71. The van der Waals surface area contributed by atoms with E-state index in [1.54, 1.807) is 19.2 Å².